The number of aryl methyl sites for hydroxylation is 1. The van der Waals surface area contributed by atoms with Crippen molar-refractivity contribution >= 4 is 21.8 Å². The molecule has 0 radical (unpaired) electrons. The van der Waals surface area contributed by atoms with Gasteiger partial charge in [0, 0.05) is 22.6 Å². The molecule has 0 spiro atoms. The summed E-state index contributed by atoms with van der Waals surface area (Å²) in [4.78, 5) is 12.0. The lowest BCUT2D eigenvalue weighted by atomic mass is 10.1. The van der Waals surface area contributed by atoms with Gasteiger partial charge in [0.2, 0.25) is 0 Å². The third-order valence-electron chi connectivity index (χ3n) is 3.25. The SMILES string of the molecule is Cc1cc(Br)cc(C(=O)NCC[C@@H]2CCCN2)c1. The van der Waals surface area contributed by atoms with Crippen LogP contribution in [0.1, 0.15) is 35.2 Å². The van der Waals surface area contributed by atoms with Crippen molar-refractivity contribution < 1.29 is 4.79 Å². The van der Waals surface area contributed by atoms with E-state index in [1.54, 1.807) is 0 Å². The van der Waals surface area contributed by atoms with Gasteiger partial charge in [0.05, 0.1) is 0 Å². The highest BCUT2D eigenvalue weighted by Gasteiger charge is 2.14. The topological polar surface area (TPSA) is 41.1 Å². The Morgan fingerprint density at radius 3 is 3.00 bits per heavy atom. The maximum Gasteiger partial charge on any atom is 0.251 e. The summed E-state index contributed by atoms with van der Waals surface area (Å²) in [5, 5.41) is 6.41. The van der Waals surface area contributed by atoms with Crippen molar-refractivity contribution in [2.75, 3.05) is 13.1 Å². The van der Waals surface area contributed by atoms with Crippen molar-refractivity contribution in [3.8, 4) is 0 Å². The average Bonchev–Trinajstić information content (AvgIpc) is 2.80. The predicted octanol–water partition coefficient (Wildman–Crippen LogP) is 2.63. The first-order valence-electron chi connectivity index (χ1n) is 6.44. The first kappa shape index (κ1) is 13.6. The van der Waals surface area contributed by atoms with Gasteiger partial charge in [-0.25, -0.2) is 0 Å². The molecule has 0 bridgehead atoms. The van der Waals surface area contributed by atoms with Crippen molar-refractivity contribution in [3.63, 3.8) is 0 Å². The van der Waals surface area contributed by atoms with Gasteiger partial charge in [-0.2, -0.15) is 0 Å². The highest BCUT2D eigenvalue weighted by atomic mass is 79.9. The van der Waals surface area contributed by atoms with Crippen molar-refractivity contribution in [1.82, 2.24) is 10.6 Å². The molecule has 1 aromatic carbocycles. The normalized spacial score (nSPS) is 18.9. The Kier molecular flexibility index (Phi) is 4.78. The molecule has 0 unspecified atom stereocenters. The number of amides is 1. The largest absolute Gasteiger partial charge is 0.352 e. The Hall–Kier alpha value is -0.870. The molecule has 1 aromatic rings. The van der Waals surface area contributed by atoms with Crippen LogP contribution in [-0.4, -0.2) is 25.0 Å². The zero-order valence-electron chi connectivity index (χ0n) is 10.6. The van der Waals surface area contributed by atoms with E-state index < -0.39 is 0 Å². The molecule has 3 nitrogen and oxygen atoms in total. The third kappa shape index (κ3) is 3.82. The Morgan fingerprint density at radius 1 is 1.50 bits per heavy atom. The lowest BCUT2D eigenvalue weighted by molar-refractivity contribution is 0.0952. The number of carbonyl (C=O) groups excluding carboxylic acids is 1. The van der Waals surface area contributed by atoms with E-state index >= 15 is 0 Å². The van der Waals surface area contributed by atoms with Crippen LogP contribution in [0.25, 0.3) is 0 Å². The van der Waals surface area contributed by atoms with Crippen LogP contribution in [-0.2, 0) is 0 Å². The molecule has 0 saturated carbocycles. The molecule has 1 aliphatic heterocycles. The van der Waals surface area contributed by atoms with Crippen molar-refractivity contribution in [3.05, 3.63) is 33.8 Å². The zero-order chi connectivity index (χ0) is 13.0. The van der Waals surface area contributed by atoms with Gasteiger partial charge in [0.1, 0.15) is 0 Å². The molecule has 1 saturated heterocycles. The monoisotopic (exact) mass is 310 g/mol. The number of halogens is 1. The van der Waals surface area contributed by atoms with Gasteiger partial charge in [-0.05, 0) is 56.5 Å². The lowest BCUT2D eigenvalue weighted by Gasteiger charge is -2.11. The molecule has 18 heavy (non-hydrogen) atoms. The molecule has 0 aliphatic carbocycles. The average molecular weight is 311 g/mol. The summed E-state index contributed by atoms with van der Waals surface area (Å²) in [6.07, 6.45) is 3.49. The van der Waals surface area contributed by atoms with E-state index in [2.05, 4.69) is 26.6 Å². The Morgan fingerprint density at radius 2 is 2.33 bits per heavy atom. The van der Waals surface area contributed by atoms with Crippen molar-refractivity contribution in [2.45, 2.75) is 32.2 Å². The Balaban J connectivity index is 1.83. The van der Waals surface area contributed by atoms with Gasteiger partial charge in [-0.1, -0.05) is 15.9 Å². The molecule has 1 amide bonds. The zero-order valence-corrected chi connectivity index (χ0v) is 12.2. The minimum absolute atomic E-state index is 0.0115. The van der Waals surface area contributed by atoms with Crippen LogP contribution in [0.2, 0.25) is 0 Å². The maximum atomic E-state index is 12.0. The van der Waals surface area contributed by atoms with Crippen molar-refractivity contribution in [2.24, 2.45) is 0 Å². The molecule has 1 heterocycles. The van der Waals surface area contributed by atoms with Gasteiger partial charge in [0.25, 0.3) is 5.91 Å². The Bertz CT molecular complexity index is 408. The van der Waals surface area contributed by atoms with E-state index in [1.165, 1.54) is 12.8 Å². The lowest BCUT2D eigenvalue weighted by Crippen LogP contribution is -2.30. The molecule has 2 N–H and O–H groups in total. The summed E-state index contributed by atoms with van der Waals surface area (Å²) in [6.45, 7) is 3.84. The molecule has 0 aromatic heterocycles. The molecule has 2 rings (SSSR count). The predicted molar refractivity (Wildman–Crippen MR) is 76.9 cm³/mol. The van der Waals surface area contributed by atoms with Crippen LogP contribution in [0.4, 0.5) is 0 Å². The van der Waals surface area contributed by atoms with Gasteiger partial charge >= 0.3 is 0 Å². The minimum atomic E-state index is 0.0115. The first-order valence-corrected chi connectivity index (χ1v) is 7.23. The number of hydrogen-bond donors (Lipinski definition) is 2. The van der Waals surface area contributed by atoms with E-state index in [0.29, 0.717) is 6.04 Å². The van der Waals surface area contributed by atoms with E-state index in [-0.39, 0.29) is 5.91 Å². The van der Waals surface area contributed by atoms with Gasteiger partial charge < -0.3 is 10.6 Å². The van der Waals surface area contributed by atoms with Crippen LogP contribution in [0, 0.1) is 6.92 Å². The summed E-state index contributed by atoms with van der Waals surface area (Å²) < 4.78 is 0.949. The number of rotatable bonds is 4. The maximum absolute atomic E-state index is 12.0. The van der Waals surface area contributed by atoms with Gasteiger partial charge in [-0.3, -0.25) is 4.79 Å². The van der Waals surface area contributed by atoms with Crippen LogP contribution in [0.15, 0.2) is 22.7 Å². The first-order chi connectivity index (χ1) is 8.65. The Labute approximate surface area is 116 Å². The molecular weight excluding hydrogens is 292 g/mol. The van der Waals surface area contributed by atoms with E-state index in [4.69, 9.17) is 0 Å². The number of carbonyl (C=O) groups is 1. The second-order valence-electron chi connectivity index (χ2n) is 4.86. The second-order valence-corrected chi connectivity index (χ2v) is 5.77. The summed E-state index contributed by atoms with van der Waals surface area (Å²) in [5.41, 5.74) is 1.81. The molecule has 98 valence electrons. The van der Waals surface area contributed by atoms with Crippen LogP contribution < -0.4 is 10.6 Å². The highest BCUT2D eigenvalue weighted by Crippen LogP contribution is 2.15. The third-order valence-corrected chi connectivity index (χ3v) is 3.70. The number of hydrogen-bond acceptors (Lipinski definition) is 2. The second kappa shape index (κ2) is 6.34. The summed E-state index contributed by atoms with van der Waals surface area (Å²) >= 11 is 3.41. The van der Waals surface area contributed by atoms with Crippen LogP contribution >= 0.6 is 15.9 Å². The fourth-order valence-electron chi connectivity index (χ4n) is 2.33. The minimum Gasteiger partial charge on any atom is -0.352 e. The van der Waals surface area contributed by atoms with E-state index in [9.17, 15) is 4.79 Å². The van der Waals surface area contributed by atoms with Gasteiger partial charge in [-0.15, -0.1) is 0 Å². The van der Waals surface area contributed by atoms with Crippen LogP contribution in [0.3, 0.4) is 0 Å². The quantitative estimate of drug-likeness (QED) is 0.897. The van der Waals surface area contributed by atoms with Crippen molar-refractivity contribution in [1.29, 1.82) is 0 Å². The molecular formula is C14H19BrN2O. The summed E-state index contributed by atoms with van der Waals surface area (Å²) in [5.74, 6) is 0.0115. The molecule has 4 heteroatoms. The highest BCUT2D eigenvalue weighted by molar-refractivity contribution is 9.10. The van der Waals surface area contributed by atoms with E-state index in [0.717, 1.165) is 35.1 Å². The summed E-state index contributed by atoms with van der Waals surface area (Å²) in [7, 11) is 0. The summed E-state index contributed by atoms with van der Waals surface area (Å²) in [6, 6.07) is 6.35. The van der Waals surface area contributed by atoms with Crippen LogP contribution in [0.5, 0.6) is 0 Å². The smallest absolute Gasteiger partial charge is 0.251 e. The van der Waals surface area contributed by atoms with E-state index in [1.807, 2.05) is 25.1 Å². The molecule has 1 fully saturated rings. The molecule has 1 aliphatic rings. The number of nitrogens with one attached hydrogen (secondary N) is 2. The molecule has 1 atom stereocenters. The van der Waals surface area contributed by atoms with Gasteiger partial charge in [0.15, 0.2) is 0 Å². The fourth-order valence-corrected chi connectivity index (χ4v) is 2.94. The number of benzene rings is 1. The fraction of sp³-hybridized carbons (Fsp3) is 0.500. The standard InChI is InChI=1S/C14H19BrN2O/c1-10-7-11(9-12(15)8-10)14(18)17-6-4-13-3-2-5-16-13/h7-9,13,16H,2-6H2,1H3,(H,17,18)/t13-/m0/s1.